The highest BCUT2D eigenvalue weighted by Gasteiger charge is 2.12. The van der Waals surface area contributed by atoms with Crippen LogP contribution < -0.4 is 14.8 Å². The van der Waals surface area contributed by atoms with Crippen molar-refractivity contribution in [1.82, 2.24) is 4.90 Å². The van der Waals surface area contributed by atoms with E-state index in [9.17, 15) is 22.4 Å². The molecule has 0 saturated heterocycles. The number of nitrogens with zero attached hydrogens (tertiary/aromatic N) is 1. The Bertz CT molecular complexity index is 856. The Morgan fingerprint density at radius 2 is 1.70 bits per heavy atom. The molecule has 0 bridgehead atoms. The predicted molar refractivity (Wildman–Crippen MR) is 106 cm³/mol. The van der Waals surface area contributed by atoms with Crippen LogP contribution in [0, 0.1) is 0 Å². The fourth-order valence-corrected chi connectivity index (χ4v) is 2.48. The number of carbonyl (C=O) groups excluding carboxylic acids is 1. The summed E-state index contributed by atoms with van der Waals surface area (Å²) in [6.45, 7) is -5.37. The summed E-state index contributed by atoms with van der Waals surface area (Å²) >= 11 is 0. The SMILES string of the molecule is CN(C)CCc1ccc(NC(=O)/C=C/c2ccc(OC(F)F)cc2OC(F)F)cc1. The predicted octanol–water partition coefficient (Wildman–Crippen LogP) is 4.65. The Labute approximate surface area is 171 Å². The molecule has 2 aromatic rings. The maximum Gasteiger partial charge on any atom is 0.387 e. The van der Waals surface area contributed by atoms with E-state index in [1.807, 2.05) is 26.2 Å². The van der Waals surface area contributed by atoms with Crippen LogP contribution in [-0.4, -0.2) is 44.7 Å². The lowest BCUT2D eigenvalue weighted by molar-refractivity contribution is -0.111. The molecule has 0 saturated carbocycles. The largest absolute Gasteiger partial charge is 0.435 e. The highest BCUT2D eigenvalue weighted by molar-refractivity contribution is 6.02. The lowest BCUT2D eigenvalue weighted by Crippen LogP contribution is -2.15. The molecule has 30 heavy (non-hydrogen) atoms. The molecule has 0 aromatic heterocycles. The van der Waals surface area contributed by atoms with E-state index in [4.69, 9.17) is 0 Å². The minimum Gasteiger partial charge on any atom is -0.435 e. The summed E-state index contributed by atoms with van der Waals surface area (Å²) in [5.74, 6) is -1.22. The molecule has 0 atom stereocenters. The monoisotopic (exact) mass is 426 g/mol. The number of alkyl halides is 4. The van der Waals surface area contributed by atoms with Gasteiger partial charge in [-0.05, 0) is 56.4 Å². The van der Waals surface area contributed by atoms with Crippen LogP contribution in [0.15, 0.2) is 48.5 Å². The highest BCUT2D eigenvalue weighted by atomic mass is 19.3. The molecule has 0 aliphatic rings. The van der Waals surface area contributed by atoms with Crippen molar-refractivity contribution in [2.45, 2.75) is 19.6 Å². The van der Waals surface area contributed by atoms with Gasteiger partial charge in [0.25, 0.3) is 0 Å². The second kappa shape index (κ2) is 11.2. The third-order valence-corrected chi connectivity index (χ3v) is 3.91. The molecule has 5 nitrogen and oxygen atoms in total. The zero-order chi connectivity index (χ0) is 22.1. The number of benzene rings is 2. The minimum atomic E-state index is -3.17. The minimum absolute atomic E-state index is 0.103. The molecular weight excluding hydrogens is 404 g/mol. The number of likely N-dealkylation sites (N-methyl/N-ethyl adjacent to an activating group) is 1. The number of nitrogens with one attached hydrogen (secondary N) is 1. The summed E-state index contributed by atoms with van der Waals surface area (Å²) in [6, 6.07) is 10.6. The molecule has 0 radical (unpaired) electrons. The van der Waals surface area contributed by atoms with Crippen LogP contribution in [0.2, 0.25) is 0 Å². The van der Waals surface area contributed by atoms with Crippen LogP contribution in [0.4, 0.5) is 23.2 Å². The molecule has 0 spiro atoms. The Hall–Kier alpha value is -3.07. The van der Waals surface area contributed by atoms with E-state index in [1.165, 1.54) is 12.1 Å². The van der Waals surface area contributed by atoms with Crippen molar-refractivity contribution in [2.24, 2.45) is 0 Å². The van der Waals surface area contributed by atoms with Crippen molar-refractivity contribution in [3.63, 3.8) is 0 Å². The van der Waals surface area contributed by atoms with Gasteiger partial charge in [-0.2, -0.15) is 17.6 Å². The van der Waals surface area contributed by atoms with E-state index in [2.05, 4.69) is 19.7 Å². The van der Waals surface area contributed by atoms with Crippen LogP contribution in [0.25, 0.3) is 6.08 Å². The lowest BCUT2D eigenvalue weighted by atomic mass is 10.1. The number of ether oxygens (including phenoxy) is 2. The van der Waals surface area contributed by atoms with Crippen LogP contribution >= 0.6 is 0 Å². The van der Waals surface area contributed by atoms with E-state index in [0.717, 1.165) is 36.7 Å². The van der Waals surface area contributed by atoms with Crippen LogP contribution in [-0.2, 0) is 11.2 Å². The fourth-order valence-electron chi connectivity index (χ4n) is 2.48. The quantitative estimate of drug-likeness (QED) is 0.444. The Morgan fingerprint density at radius 3 is 2.30 bits per heavy atom. The van der Waals surface area contributed by atoms with Gasteiger partial charge < -0.3 is 19.7 Å². The number of carbonyl (C=O) groups is 1. The van der Waals surface area contributed by atoms with Gasteiger partial charge in [-0.3, -0.25) is 4.79 Å². The van der Waals surface area contributed by atoms with Gasteiger partial charge in [-0.25, -0.2) is 0 Å². The topological polar surface area (TPSA) is 50.8 Å². The Kier molecular flexibility index (Phi) is 8.67. The second-order valence-electron chi connectivity index (χ2n) is 6.53. The maximum absolute atomic E-state index is 12.6. The molecule has 1 N–H and O–H groups in total. The fraction of sp³-hybridized carbons (Fsp3) is 0.286. The summed E-state index contributed by atoms with van der Waals surface area (Å²) in [5.41, 5.74) is 1.80. The molecule has 162 valence electrons. The number of rotatable bonds is 10. The van der Waals surface area contributed by atoms with Gasteiger partial charge in [0.05, 0.1) is 0 Å². The average molecular weight is 426 g/mol. The van der Waals surface area contributed by atoms with Gasteiger partial charge in [0.1, 0.15) is 11.5 Å². The van der Waals surface area contributed by atoms with Gasteiger partial charge in [-0.1, -0.05) is 12.1 Å². The molecular formula is C21H22F4N2O3. The zero-order valence-corrected chi connectivity index (χ0v) is 16.4. The van der Waals surface area contributed by atoms with Crippen LogP contribution in [0.5, 0.6) is 11.5 Å². The summed E-state index contributed by atoms with van der Waals surface area (Å²) < 4.78 is 58.3. The maximum atomic E-state index is 12.6. The standard InChI is InChI=1S/C21H22F4N2O3/c1-27(2)12-11-14-3-7-16(8-4-14)26-19(28)10-6-15-5-9-17(29-20(22)23)13-18(15)30-21(24)25/h3-10,13,20-21H,11-12H2,1-2H3,(H,26,28)/b10-6+. The van der Waals surface area contributed by atoms with Gasteiger partial charge in [-0.15, -0.1) is 0 Å². The van der Waals surface area contributed by atoms with E-state index >= 15 is 0 Å². The van der Waals surface area contributed by atoms with Crippen molar-refractivity contribution >= 4 is 17.7 Å². The van der Waals surface area contributed by atoms with E-state index in [-0.39, 0.29) is 11.3 Å². The number of hydrogen-bond donors (Lipinski definition) is 1. The molecule has 2 rings (SSSR count). The molecule has 9 heteroatoms. The van der Waals surface area contributed by atoms with Crippen molar-refractivity contribution in [3.8, 4) is 11.5 Å². The molecule has 0 unspecified atom stereocenters. The summed E-state index contributed by atoms with van der Waals surface area (Å²) in [7, 11) is 3.97. The molecule has 0 fully saturated rings. The van der Waals surface area contributed by atoms with E-state index in [1.54, 1.807) is 12.1 Å². The van der Waals surface area contributed by atoms with E-state index in [0.29, 0.717) is 5.69 Å². The Morgan fingerprint density at radius 1 is 1.03 bits per heavy atom. The second-order valence-corrected chi connectivity index (χ2v) is 6.53. The van der Waals surface area contributed by atoms with Crippen molar-refractivity contribution < 1.29 is 31.8 Å². The molecule has 0 heterocycles. The molecule has 0 aliphatic heterocycles. The zero-order valence-electron chi connectivity index (χ0n) is 16.4. The van der Waals surface area contributed by atoms with E-state index < -0.39 is 24.9 Å². The van der Waals surface area contributed by atoms with Crippen molar-refractivity contribution in [3.05, 3.63) is 59.7 Å². The van der Waals surface area contributed by atoms with Gasteiger partial charge in [0, 0.05) is 29.9 Å². The first-order valence-corrected chi connectivity index (χ1v) is 8.99. The normalized spacial score (nSPS) is 11.5. The Balaban J connectivity index is 2.04. The molecule has 0 aliphatic carbocycles. The number of hydrogen-bond acceptors (Lipinski definition) is 4. The molecule has 2 aromatic carbocycles. The van der Waals surface area contributed by atoms with Crippen LogP contribution in [0.1, 0.15) is 11.1 Å². The van der Waals surface area contributed by atoms with Gasteiger partial charge in [0.2, 0.25) is 5.91 Å². The third kappa shape index (κ3) is 8.12. The molecule has 1 amide bonds. The first kappa shape index (κ1) is 23.2. The average Bonchev–Trinajstić information content (AvgIpc) is 2.66. The third-order valence-electron chi connectivity index (χ3n) is 3.91. The summed E-state index contributed by atoms with van der Waals surface area (Å²) in [6.07, 6.45) is 3.24. The van der Waals surface area contributed by atoms with Crippen molar-refractivity contribution in [2.75, 3.05) is 26.0 Å². The summed E-state index contributed by atoms with van der Waals surface area (Å²) in [4.78, 5) is 14.2. The number of halogens is 4. The highest BCUT2D eigenvalue weighted by Crippen LogP contribution is 2.28. The first-order chi connectivity index (χ1) is 14.2. The number of anilines is 1. The van der Waals surface area contributed by atoms with Gasteiger partial charge >= 0.3 is 13.2 Å². The first-order valence-electron chi connectivity index (χ1n) is 8.99. The lowest BCUT2D eigenvalue weighted by Gasteiger charge is -2.11. The summed E-state index contributed by atoms with van der Waals surface area (Å²) in [5, 5.41) is 2.65. The van der Waals surface area contributed by atoms with Crippen LogP contribution in [0.3, 0.4) is 0 Å². The van der Waals surface area contributed by atoms with Crippen molar-refractivity contribution in [1.29, 1.82) is 0 Å². The number of amides is 1. The van der Waals surface area contributed by atoms with Gasteiger partial charge in [0.15, 0.2) is 0 Å². The smallest absolute Gasteiger partial charge is 0.387 e.